The number of esters is 1. The number of benzene rings is 1. The number of hydrogen-bond donors (Lipinski definition) is 0. The number of rotatable bonds is 0. The van der Waals surface area contributed by atoms with Crippen molar-refractivity contribution in [3.05, 3.63) is 28.8 Å². The van der Waals surface area contributed by atoms with Crippen molar-refractivity contribution in [2.24, 2.45) is 0 Å². The Balaban J connectivity index is 2.68. The summed E-state index contributed by atoms with van der Waals surface area (Å²) < 4.78 is 4.75. The van der Waals surface area contributed by atoms with Crippen LogP contribution in [0.25, 0.3) is 0 Å². The molecule has 0 aliphatic carbocycles. The maximum absolute atomic E-state index is 10.8. The van der Waals surface area contributed by atoms with Crippen LogP contribution in [-0.2, 0) is 0 Å². The Morgan fingerprint density at radius 3 is 2.90 bits per heavy atom. The van der Waals surface area contributed by atoms with E-state index in [1.165, 1.54) is 0 Å². The zero-order chi connectivity index (χ0) is 7.14. The molecule has 0 atom stereocenters. The van der Waals surface area contributed by atoms with Gasteiger partial charge >= 0.3 is 5.97 Å². The Morgan fingerprint density at radius 1 is 1.40 bits per heavy atom. The monoisotopic (exact) mass is 154 g/mol. The molecule has 1 heterocycles. The lowest BCUT2D eigenvalue weighted by atomic mass is 10.2. The van der Waals surface area contributed by atoms with Gasteiger partial charge in [0.2, 0.25) is 0 Å². The van der Waals surface area contributed by atoms with Crippen molar-refractivity contribution < 1.29 is 9.53 Å². The van der Waals surface area contributed by atoms with Crippen molar-refractivity contribution in [2.75, 3.05) is 0 Å². The van der Waals surface area contributed by atoms with E-state index in [2.05, 4.69) is 0 Å². The van der Waals surface area contributed by atoms with E-state index in [0.29, 0.717) is 16.3 Å². The molecular formula is C7H3ClO2. The Kier molecular flexibility index (Phi) is 0.995. The molecule has 1 aromatic carbocycles. The van der Waals surface area contributed by atoms with Gasteiger partial charge in [-0.25, -0.2) is 4.79 Å². The van der Waals surface area contributed by atoms with Gasteiger partial charge in [-0.15, -0.1) is 0 Å². The van der Waals surface area contributed by atoms with Gasteiger partial charge in [0.25, 0.3) is 0 Å². The van der Waals surface area contributed by atoms with Crippen LogP contribution in [0.4, 0.5) is 0 Å². The summed E-state index contributed by atoms with van der Waals surface area (Å²) in [6, 6.07) is 4.92. The van der Waals surface area contributed by atoms with E-state index in [9.17, 15) is 4.79 Å². The summed E-state index contributed by atoms with van der Waals surface area (Å²) in [6.45, 7) is 0. The summed E-state index contributed by atoms with van der Waals surface area (Å²) in [5, 5.41) is 0.481. The maximum Gasteiger partial charge on any atom is 0.343 e. The predicted octanol–water partition coefficient (Wildman–Crippen LogP) is 1.87. The molecule has 3 heteroatoms. The van der Waals surface area contributed by atoms with Crippen LogP contribution in [0, 0.1) is 0 Å². The van der Waals surface area contributed by atoms with Crippen LogP contribution in [0.2, 0.25) is 5.02 Å². The van der Waals surface area contributed by atoms with Crippen molar-refractivity contribution in [3.63, 3.8) is 0 Å². The molecule has 0 saturated heterocycles. The molecule has 0 amide bonds. The number of carbonyl (C=O) groups is 1. The first-order valence-corrected chi connectivity index (χ1v) is 3.17. The van der Waals surface area contributed by atoms with E-state index in [1.54, 1.807) is 18.2 Å². The van der Waals surface area contributed by atoms with Crippen LogP contribution in [0.15, 0.2) is 18.2 Å². The highest BCUT2D eigenvalue weighted by Gasteiger charge is 2.19. The van der Waals surface area contributed by atoms with Crippen LogP contribution in [-0.4, -0.2) is 5.97 Å². The molecule has 0 radical (unpaired) electrons. The smallest absolute Gasteiger partial charge is 0.343 e. The lowest BCUT2D eigenvalue weighted by Crippen LogP contribution is -1.98. The van der Waals surface area contributed by atoms with E-state index < -0.39 is 0 Å². The summed E-state index contributed by atoms with van der Waals surface area (Å²) in [7, 11) is 0. The molecule has 10 heavy (non-hydrogen) atoms. The molecule has 0 aromatic heterocycles. The van der Waals surface area contributed by atoms with Gasteiger partial charge in [0.05, 0.1) is 10.6 Å². The molecular weight excluding hydrogens is 152 g/mol. The van der Waals surface area contributed by atoms with E-state index >= 15 is 0 Å². The molecule has 2 bridgehead atoms. The molecule has 0 saturated carbocycles. The van der Waals surface area contributed by atoms with Gasteiger partial charge in [0.1, 0.15) is 0 Å². The molecule has 1 aliphatic rings. The van der Waals surface area contributed by atoms with Crippen molar-refractivity contribution >= 4 is 17.6 Å². The minimum atomic E-state index is -0.318. The van der Waals surface area contributed by atoms with E-state index in [1.807, 2.05) is 0 Å². The van der Waals surface area contributed by atoms with E-state index in [0.717, 1.165) is 0 Å². The first kappa shape index (κ1) is 5.74. The van der Waals surface area contributed by atoms with Gasteiger partial charge in [-0.1, -0.05) is 11.6 Å². The quantitative estimate of drug-likeness (QED) is 0.534. The second-order valence-electron chi connectivity index (χ2n) is 2.03. The minimum Gasteiger partial charge on any atom is -0.421 e. The third-order valence-corrected chi connectivity index (χ3v) is 1.68. The predicted molar refractivity (Wildman–Crippen MR) is 36.4 cm³/mol. The highest BCUT2D eigenvalue weighted by Crippen LogP contribution is 2.30. The van der Waals surface area contributed by atoms with Gasteiger partial charge in [-0.3, -0.25) is 0 Å². The van der Waals surface area contributed by atoms with E-state index in [-0.39, 0.29) is 5.97 Å². The number of ether oxygens (including phenoxy) is 1. The normalized spacial score (nSPS) is 13.5. The molecule has 0 spiro atoms. The van der Waals surface area contributed by atoms with Crippen molar-refractivity contribution in [1.82, 2.24) is 0 Å². The van der Waals surface area contributed by atoms with Gasteiger partial charge in [-0.05, 0) is 18.2 Å². The molecule has 50 valence electrons. The number of fused-ring (bicyclic) bond motifs is 2. The third-order valence-electron chi connectivity index (χ3n) is 1.37. The molecule has 2 rings (SSSR count). The minimum absolute atomic E-state index is 0.318. The Bertz CT molecular complexity index is 306. The highest BCUT2D eigenvalue weighted by molar-refractivity contribution is 6.32. The van der Waals surface area contributed by atoms with Crippen molar-refractivity contribution in [2.45, 2.75) is 0 Å². The topological polar surface area (TPSA) is 26.3 Å². The van der Waals surface area contributed by atoms with Crippen LogP contribution in [0.3, 0.4) is 0 Å². The number of halogens is 1. The van der Waals surface area contributed by atoms with Crippen LogP contribution in [0.5, 0.6) is 5.75 Å². The largest absolute Gasteiger partial charge is 0.421 e. The van der Waals surface area contributed by atoms with E-state index in [4.69, 9.17) is 16.3 Å². The van der Waals surface area contributed by atoms with Gasteiger partial charge in [0, 0.05) is 0 Å². The molecule has 0 unspecified atom stereocenters. The Hall–Kier alpha value is -1.02. The number of hydrogen-bond acceptors (Lipinski definition) is 2. The summed E-state index contributed by atoms with van der Waals surface area (Å²) >= 11 is 5.65. The maximum atomic E-state index is 10.8. The third kappa shape index (κ3) is 0.625. The lowest BCUT2D eigenvalue weighted by Gasteiger charge is -1.90. The Morgan fingerprint density at radius 2 is 2.20 bits per heavy atom. The second-order valence-corrected chi connectivity index (χ2v) is 2.44. The van der Waals surface area contributed by atoms with Crippen molar-refractivity contribution in [3.8, 4) is 5.75 Å². The summed E-state index contributed by atoms with van der Waals surface area (Å²) in [5.41, 5.74) is 0.569. The molecule has 2 nitrogen and oxygen atoms in total. The van der Waals surface area contributed by atoms with Crippen LogP contribution < -0.4 is 4.74 Å². The number of carbonyl (C=O) groups excluding carboxylic acids is 1. The average Bonchev–Trinajstić information content (AvgIpc) is 2.21. The fourth-order valence-electron chi connectivity index (χ4n) is 0.867. The highest BCUT2D eigenvalue weighted by atomic mass is 35.5. The van der Waals surface area contributed by atoms with Crippen molar-refractivity contribution in [1.29, 1.82) is 0 Å². The first-order chi connectivity index (χ1) is 4.77. The molecule has 0 fully saturated rings. The average molecular weight is 155 g/mol. The summed E-state index contributed by atoms with van der Waals surface area (Å²) in [6.07, 6.45) is 0. The molecule has 0 N–H and O–H groups in total. The zero-order valence-electron chi connectivity index (χ0n) is 4.93. The molecule has 1 aromatic rings. The fourth-order valence-corrected chi connectivity index (χ4v) is 1.02. The first-order valence-electron chi connectivity index (χ1n) is 2.79. The van der Waals surface area contributed by atoms with Gasteiger partial charge in [-0.2, -0.15) is 0 Å². The summed E-state index contributed by atoms with van der Waals surface area (Å²) in [5.74, 6) is 0.145. The second kappa shape index (κ2) is 1.73. The summed E-state index contributed by atoms with van der Waals surface area (Å²) in [4.78, 5) is 10.8. The van der Waals surface area contributed by atoms with Gasteiger partial charge < -0.3 is 4.74 Å². The zero-order valence-corrected chi connectivity index (χ0v) is 5.68. The van der Waals surface area contributed by atoms with Gasteiger partial charge in [0.15, 0.2) is 5.75 Å². The Labute approximate surface area is 62.4 Å². The van der Waals surface area contributed by atoms with Crippen LogP contribution in [0.1, 0.15) is 10.4 Å². The standard InChI is InChI=1S/C7H3ClO2/c8-5-2-1-4-3-6(5)10-7(4)9/h1-3H. The lowest BCUT2D eigenvalue weighted by molar-refractivity contribution is 0.0755. The SMILES string of the molecule is O=C1Oc2cc1ccc2Cl. The fraction of sp³-hybridized carbons (Fsp3) is 0. The van der Waals surface area contributed by atoms with Crippen LogP contribution >= 0.6 is 11.6 Å². The molecule has 1 aliphatic heterocycles.